The van der Waals surface area contributed by atoms with Crippen molar-refractivity contribution in [1.82, 2.24) is 4.98 Å². The maximum atomic E-state index is 5.87. The highest BCUT2D eigenvalue weighted by Crippen LogP contribution is 2.32. The minimum atomic E-state index is 0.147. The fraction of sp³-hybridized carbons (Fsp3) is 0.188. The van der Waals surface area contributed by atoms with Crippen LogP contribution in [0.5, 0.6) is 0 Å². The van der Waals surface area contributed by atoms with E-state index in [1.165, 1.54) is 0 Å². The predicted octanol–water partition coefficient (Wildman–Crippen LogP) is 4.84. The number of anilines is 1. The van der Waals surface area contributed by atoms with Gasteiger partial charge < -0.3 is 10.2 Å². The van der Waals surface area contributed by atoms with E-state index >= 15 is 0 Å². The molecule has 104 valence electrons. The highest BCUT2D eigenvalue weighted by molar-refractivity contribution is 6.17. The number of oxazole rings is 1. The molecular weight excluding hydrogens is 272 g/mol. The van der Waals surface area contributed by atoms with E-state index in [4.69, 9.17) is 21.8 Å². The average molecular weight is 289 g/mol. The second-order valence-electron chi connectivity index (χ2n) is 3.99. The Hall–Kier alpha value is -2.00. The largest absolute Gasteiger partial charge is 0.423 e. The van der Waals surface area contributed by atoms with Gasteiger partial charge >= 0.3 is 0 Å². The molecule has 3 aromatic rings. The minimum absolute atomic E-state index is 0.147. The van der Waals surface area contributed by atoms with Crippen LogP contribution >= 0.6 is 11.6 Å². The number of aromatic nitrogens is 1. The molecule has 0 unspecified atom stereocenters. The van der Waals surface area contributed by atoms with Crippen molar-refractivity contribution in [3.63, 3.8) is 0 Å². The van der Waals surface area contributed by atoms with E-state index in [1.807, 2.05) is 44.2 Å². The molecule has 1 heterocycles. The number of hydrogen-bond donors (Lipinski definition) is 1. The van der Waals surface area contributed by atoms with E-state index in [0.717, 1.165) is 16.3 Å². The van der Waals surface area contributed by atoms with E-state index in [-0.39, 0.29) is 11.9 Å². The van der Waals surface area contributed by atoms with Gasteiger partial charge in [-0.3, -0.25) is 0 Å². The van der Waals surface area contributed by atoms with Crippen molar-refractivity contribution in [2.75, 3.05) is 5.73 Å². The zero-order chi connectivity index (χ0) is 14.5. The number of benzene rings is 2. The molecule has 20 heavy (non-hydrogen) atoms. The molecule has 0 saturated carbocycles. The lowest BCUT2D eigenvalue weighted by Gasteiger charge is -2.04. The van der Waals surface area contributed by atoms with Gasteiger partial charge in [0.05, 0.1) is 5.88 Å². The summed E-state index contributed by atoms with van der Waals surface area (Å²) in [6, 6.07) is 14.3. The molecule has 1 aromatic heterocycles. The van der Waals surface area contributed by atoms with E-state index in [9.17, 15) is 0 Å². The normalized spacial score (nSPS) is 10.2. The minimum Gasteiger partial charge on any atom is -0.423 e. The van der Waals surface area contributed by atoms with Crippen LogP contribution in [-0.4, -0.2) is 4.98 Å². The van der Waals surface area contributed by atoms with Crippen LogP contribution in [0.15, 0.2) is 46.9 Å². The Morgan fingerprint density at radius 3 is 2.55 bits per heavy atom. The van der Waals surface area contributed by atoms with Gasteiger partial charge in [0.2, 0.25) is 0 Å². The van der Waals surface area contributed by atoms with Crippen molar-refractivity contribution >= 4 is 28.4 Å². The molecule has 0 spiro atoms. The quantitative estimate of drug-likeness (QED) is 0.686. The summed E-state index contributed by atoms with van der Waals surface area (Å²) in [7, 11) is 0. The van der Waals surface area contributed by atoms with Gasteiger partial charge in [-0.25, -0.2) is 0 Å². The van der Waals surface area contributed by atoms with Crippen molar-refractivity contribution in [3.05, 3.63) is 48.2 Å². The monoisotopic (exact) mass is 288 g/mol. The molecule has 0 aliphatic heterocycles. The molecule has 0 aliphatic carbocycles. The molecule has 0 atom stereocenters. The van der Waals surface area contributed by atoms with E-state index in [1.54, 1.807) is 0 Å². The smallest absolute Gasteiger partial charge is 0.292 e. The number of nitrogens with two attached hydrogens (primary N) is 1. The Bertz CT molecular complexity index is 701. The zero-order valence-electron chi connectivity index (χ0n) is 11.6. The standard InChI is InChI=1S/C14H11ClN2O.C2H6/c15-8-12-13(18-14(16)17-12)11-7-3-5-9-4-1-2-6-10(9)11;1-2/h1-7H,8H2,(H2,16,17);1-2H3. The molecule has 0 radical (unpaired) electrons. The number of nitrogens with zero attached hydrogens (tertiary/aromatic N) is 1. The number of fused-ring (bicyclic) bond motifs is 1. The highest BCUT2D eigenvalue weighted by atomic mass is 35.5. The maximum absolute atomic E-state index is 5.87. The van der Waals surface area contributed by atoms with Gasteiger partial charge in [-0.05, 0) is 10.8 Å². The first kappa shape index (κ1) is 14.4. The van der Waals surface area contributed by atoms with Crippen molar-refractivity contribution < 1.29 is 4.42 Å². The lowest BCUT2D eigenvalue weighted by atomic mass is 10.0. The topological polar surface area (TPSA) is 52.0 Å². The first-order valence-corrected chi connectivity index (χ1v) is 7.12. The fourth-order valence-corrected chi connectivity index (χ4v) is 2.28. The van der Waals surface area contributed by atoms with E-state index < -0.39 is 0 Å². The number of halogens is 1. The molecule has 2 N–H and O–H groups in total. The van der Waals surface area contributed by atoms with E-state index in [0.29, 0.717) is 11.5 Å². The average Bonchev–Trinajstić information content (AvgIpc) is 2.89. The number of rotatable bonds is 2. The summed E-state index contributed by atoms with van der Waals surface area (Å²) in [5, 5.41) is 2.24. The van der Waals surface area contributed by atoms with Crippen LogP contribution in [0.3, 0.4) is 0 Å². The third-order valence-electron chi connectivity index (χ3n) is 2.87. The van der Waals surface area contributed by atoms with Gasteiger partial charge in [0.1, 0.15) is 5.69 Å². The maximum Gasteiger partial charge on any atom is 0.292 e. The van der Waals surface area contributed by atoms with Crippen LogP contribution in [0.25, 0.3) is 22.1 Å². The first-order chi connectivity index (χ1) is 9.79. The summed E-state index contributed by atoms with van der Waals surface area (Å²) in [5.74, 6) is 0.929. The summed E-state index contributed by atoms with van der Waals surface area (Å²) >= 11 is 5.87. The molecule has 0 aliphatic rings. The van der Waals surface area contributed by atoms with Gasteiger partial charge in [-0.1, -0.05) is 56.3 Å². The second kappa shape index (κ2) is 6.44. The first-order valence-electron chi connectivity index (χ1n) is 6.59. The van der Waals surface area contributed by atoms with Crippen LogP contribution in [0.4, 0.5) is 6.01 Å². The third-order valence-corrected chi connectivity index (χ3v) is 3.13. The Labute approximate surface area is 123 Å². The molecule has 0 saturated heterocycles. The Morgan fingerprint density at radius 2 is 1.80 bits per heavy atom. The van der Waals surface area contributed by atoms with E-state index in [2.05, 4.69) is 17.1 Å². The Kier molecular flexibility index (Phi) is 4.64. The molecule has 4 heteroatoms. The molecule has 3 rings (SSSR count). The summed E-state index contributed by atoms with van der Waals surface area (Å²) < 4.78 is 5.48. The second-order valence-corrected chi connectivity index (χ2v) is 4.26. The van der Waals surface area contributed by atoms with Crippen LogP contribution in [0.2, 0.25) is 0 Å². The molecule has 0 fully saturated rings. The fourth-order valence-electron chi connectivity index (χ4n) is 2.09. The van der Waals surface area contributed by atoms with Gasteiger partial charge in [0.25, 0.3) is 6.01 Å². The van der Waals surface area contributed by atoms with Crippen LogP contribution < -0.4 is 5.73 Å². The van der Waals surface area contributed by atoms with Crippen LogP contribution in [0, 0.1) is 0 Å². The Balaban J connectivity index is 0.000000704. The molecule has 2 aromatic carbocycles. The highest BCUT2D eigenvalue weighted by Gasteiger charge is 2.14. The van der Waals surface area contributed by atoms with Crippen LogP contribution in [0.1, 0.15) is 19.5 Å². The SMILES string of the molecule is CC.Nc1nc(CCl)c(-c2cccc3ccccc23)o1. The van der Waals surface area contributed by atoms with Crippen molar-refractivity contribution in [2.24, 2.45) is 0 Å². The molecule has 0 bridgehead atoms. The van der Waals surface area contributed by atoms with Gasteiger partial charge in [0.15, 0.2) is 5.76 Å². The third kappa shape index (κ3) is 2.63. The van der Waals surface area contributed by atoms with Crippen molar-refractivity contribution in [3.8, 4) is 11.3 Å². The lowest BCUT2D eigenvalue weighted by Crippen LogP contribution is -1.85. The number of alkyl halides is 1. The predicted molar refractivity (Wildman–Crippen MR) is 84.8 cm³/mol. The summed E-state index contributed by atoms with van der Waals surface area (Å²) in [6.07, 6.45) is 0. The molecule has 0 amide bonds. The number of hydrogen-bond acceptors (Lipinski definition) is 3. The zero-order valence-corrected chi connectivity index (χ0v) is 12.3. The van der Waals surface area contributed by atoms with Gasteiger partial charge in [-0.15, -0.1) is 11.6 Å². The lowest BCUT2D eigenvalue weighted by molar-refractivity contribution is 0.594. The summed E-state index contributed by atoms with van der Waals surface area (Å²) in [4.78, 5) is 4.09. The van der Waals surface area contributed by atoms with Crippen LogP contribution in [-0.2, 0) is 5.88 Å². The number of nitrogen functional groups attached to an aromatic ring is 1. The summed E-state index contributed by atoms with van der Waals surface area (Å²) in [6.45, 7) is 4.00. The Morgan fingerprint density at radius 1 is 1.10 bits per heavy atom. The van der Waals surface area contributed by atoms with Crippen molar-refractivity contribution in [1.29, 1.82) is 0 Å². The molecule has 3 nitrogen and oxygen atoms in total. The summed E-state index contributed by atoms with van der Waals surface area (Å²) in [5.41, 5.74) is 7.24. The van der Waals surface area contributed by atoms with Gasteiger partial charge in [0, 0.05) is 5.56 Å². The van der Waals surface area contributed by atoms with Gasteiger partial charge in [-0.2, -0.15) is 4.98 Å². The molecular formula is C16H17ClN2O. The van der Waals surface area contributed by atoms with Crippen molar-refractivity contribution in [2.45, 2.75) is 19.7 Å².